The minimum Gasteiger partial charge on any atom is -0.496 e. The molecule has 3 nitrogen and oxygen atoms in total. The summed E-state index contributed by atoms with van der Waals surface area (Å²) in [6.45, 7) is 8.83. The lowest BCUT2D eigenvalue weighted by Crippen LogP contribution is -2.56. The van der Waals surface area contributed by atoms with Crippen LogP contribution in [0.2, 0.25) is 0 Å². The molecule has 0 saturated carbocycles. The van der Waals surface area contributed by atoms with E-state index in [1.807, 2.05) is 0 Å². The summed E-state index contributed by atoms with van der Waals surface area (Å²) in [5.74, 6) is 1.94. The van der Waals surface area contributed by atoms with E-state index in [2.05, 4.69) is 39.0 Å². The summed E-state index contributed by atoms with van der Waals surface area (Å²) < 4.78 is 10.9. The summed E-state index contributed by atoms with van der Waals surface area (Å²) in [4.78, 5) is 0. The fourth-order valence-corrected chi connectivity index (χ4v) is 3.24. The summed E-state index contributed by atoms with van der Waals surface area (Å²) in [6, 6.07) is 6.45. The normalized spacial score (nSPS) is 19.1. The van der Waals surface area contributed by atoms with Gasteiger partial charge in [-0.05, 0) is 42.5 Å². The van der Waals surface area contributed by atoms with Gasteiger partial charge in [0.25, 0.3) is 0 Å². The molecule has 2 N–H and O–H groups in total. The highest BCUT2D eigenvalue weighted by atomic mass is 16.5. The molecule has 0 radical (unpaired) electrons. The number of aryl methyl sites for hydroxylation is 1. The van der Waals surface area contributed by atoms with Crippen LogP contribution in [0.3, 0.4) is 0 Å². The van der Waals surface area contributed by atoms with Crippen molar-refractivity contribution in [3.8, 4) is 5.75 Å². The Morgan fingerprint density at radius 3 is 2.42 bits per heavy atom. The van der Waals surface area contributed by atoms with Crippen LogP contribution in [0.25, 0.3) is 0 Å². The Morgan fingerprint density at radius 1 is 1.37 bits per heavy atom. The Morgan fingerprint density at radius 2 is 2.05 bits per heavy atom. The molecule has 0 aliphatic carbocycles. The average molecular weight is 263 g/mol. The summed E-state index contributed by atoms with van der Waals surface area (Å²) in [6.07, 6.45) is 0. The first-order chi connectivity index (χ1) is 9.05. The average Bonchev–Trinajstić information content (AvgIpc) is 2.32. The van der Waals surface area contributed by atoms with E-state index >= 15 is 0 Å². The zero-order valence-electron chi connectivity index (χ0n) is 12.4. The fourth-order valence-electron chi connectivity index (χ4n) is 3.24. The van der Waals surface area contributed by atoms with E-state index in [1.165, 1.54) is 11.1 Å². The molecule has 0 aromatic heterocycles. The van der Waals surface area contributed by atoms with Crippen LogP contribution in [0.4, 0.5) is 0 Å². The van der Waals surface area contributed by atoms with Crippen LogP contribution in [-0.4, -0.2) is 26.9 Å². The van der Waals surface area contributed by atoms with E-state index in [9.17, 15) is 0 Å². The molecule has 1 atom stereocenters. The molecule has 19 heavy (non-hydrogen) atoms. The maximum atomic E-state index is 6.02. The fraction of sp³-hybridized carbons (Fsp3) is 0.625. The van der Waals surface area contributed by atoms with E-state index < -0.39 is 0 Å². The lowest BCUT2D eigenvalue weighted by Gasteiger charge is -2.49. The van der Waals surface area contributed by atoms with Gasteiger partial charge in [0, 0.05) is 5.41 Å². The number of benzene rings is 1. The second-order valence-corrected chi connectivity index (χ2v) is 5.92. The van der Waals surface area contributed by atoms with E-state index in [4.69, 9.17) is 15.2 Å². The topological polar surface area (TPSA) is 44.5 Å². The third-order valence-electron chi connectivity index (χ3n) is 4.46. The van der Waals surface area contributed by atoms with Gasteiger partial charge in [0.2, 0.25) is 0 Å². The molecule has 1 fully saturated rings. The van der Waals surface area contributed by atoms with Gasteiger partial charge >= 0.3 is 0 Å². The van der Waals surface area contributed by atoms with Gasteiger partial charge in [-0.25, -0.2) is 0 Å². The van der Waals surface area contributed by atoms with Gasteiger partial charge in [-0.3, -0.25) is 0 Å². The van der Waals surface area contributed by atoms with Crippen LogP contribution in [0, 0.1) is 18.8 Å². The number of nitrogens with two attached hydrogens (primary N) is 1. The van der Waals surface area contributed by atoms with Crippen molar-refractivity contribution in [2.45, 2.75) is 26.2 Å². The standard InChI is InChI=1S/C16H25NO2/c1-11(2)14(8-17)16(9-19-10-16)13-5-6-15(18-4)12(3)7-13/h5-7,11,14H,8-10,17H2,1-4H3. The molecule has 0 amide bonds. The first kappa shape index (κ1) is 14.4. The van der Waals surface area contributed by atoms with Gasteiger partial charge in [0.1, 0.15) is 5.75 Å². The number of rotatable bonds is 5. The van der Waals surface area contributed by atoms with Gasteiger partial charge in [-0.1, -0.05) is 26.0 Å². The van der Waals surface area contributed by atoms with Gasteiger partial charge in [-0.2, -0.15) is 0 Å². The number of methoxy groups -OCH3 is 1. The zero-order valence-corrected chi connectivity index (χ0v) is 12.4. The molecule has 0 bridgehead atoms. The molecule has 1 aromatic carbocycles. The molecule has 1 aliphatic heterocycles. The van der Waals surface area contributed by atoms with Crippen molar-refractivity contribution in [1.82, 2.24) is 0 Å². The second kappa shape index (κ2) is 5.51. The number of hydrogen-bond donors (Lipinski definition) is 1. The second-order valence-electron chi connectivity index (χ2n) is 5.92. The molecule has 106 valence electrons. The van der Waals surface area contributed by atoms with Crippen molar-refractivity contribution in [1.29, 1.82) is 0 Å². The molecule has 1 aromatic rings. The molecule has 1 saturated heterocycles. The summed E-state index contributed by atoms with van der Waals surface area (Å²) in [5, 5.41) is 0. The molecular formula is C16H25NO2. The van der Waals surface area contributed by atoms with Gasteiger partial charge in [0.05, 0.1) is 20.3 Å². The highest BCUT2D eigenvalue weighted by Gasteiger charge is 2.47. The molecular weight excluding hydrogens is 238 g/mol. The molecule has 1 unspecified atom stereocenters. The Bertz CT molecular complexity index is 438. The predicted molar refractivity (Wildman–Crippen MR) is 77.6 cm³/mol. The Kier molecular flexibility index (Phi) is 4.16. The van der Waals surface area contributed by atoms with Crippen molar-refractivity contribution in [2.75, 3.05) is 26.9 Å². The smallest absolute Gasteiger partial charge is 0.121 e. The minimum atomic E-state index is 0.0833. The largest absolute Gasteiger partial charge is 0.496 e. The quantitative estimate of drug-likeness (QED) is 0.887. The van der Waals surface area contributed by atoms with Crippen molar-refractivity contribution < 1.29 is 9.47 Å². The maximum absolute atomic E-state index is 6.02. The third-order valence-corrected chi connectivity index (χ3v) is 4.46. The number of hydrogen-bond acceptors (Lipinski definition) is 3. The molecule has 1 heterocycles. The van der Waals surface area contributed by atoms with E-state index in [0.29, 0.717) is 18.4 Å². The first-order valence-corrected chi connectivity index (χ1v) is 6.98. The van der Waals surface area contributed by atoms with Gasteiger partial charge < -0.3 is 15.2 Å². The van der Waals surface area contributed by atoms with Crippen molar-refractivity contribution >= 4 is 0 Å². The molecule has 1 aliphatic rings. The van der Waals surface area contributed by atoms with Crippen LogP contribution in [-0.2, 0) is 10.2 Å². The molecule has 2 rings (SSSR count). The maximum Gasteiger partial charge on any atom is 0.121 e. The Balaban J connectivity index is 2.38. The van der Waals surface area contributed by atoms with Crippen molar-refractivity contribution in [3.05, 3.63) is 29.3 Å². The lowest BCUT2D eigenvalue weighted by atomic mass is 9.64. The minimum absolute atomic E-state index is 0.0833. The Labute approximate surface area is 116 Å². The zero-order chi connectivity index (χ0) is 14.0. The predicted octanol–water partition coefficient (Wildman–Crippen LogP) is 2.50. The lowest BCUT2D eigenvalue weighted by molar-refractivity contribution is -0.0982. The first-order valence-electron chi connectivity index (χ1n) is 6.98. The highest BCUT2D eigenvalue weighted by Crippen LogP contribution is 2.43. The van der Waals surface area contributed by atoms with Crippen molar-refractivity contribution in [2.24, 2.45) is 17.6 Å². The monoisotopic (exact) mass is 263 g/mol. The van der Waals surface area contributed by atoms with Gasteiger partial charge in [0.15, 0.2) is 0 Å². The molecule has 0 spiro atoms. The van der Waals surface area contributed by atoms with E-state index in [-0.39, 0.29) is 5.41 Å². The summed E-state index contributed by atoms with van der Waals surface area (Å²) in [5.41, 5.74) is 8.61. The van der Waals surface area contributed by atoms with Crippen LogP contribution >= 0.6 is 0 Å². The summed E-state index contributed by atoms with van der Waals surface area (Å²) >= 11 is 0. The van der Waals surface area contributed by atoms with Crippen molar-refractivity contribution in [3.63, 3.8) is 0 Å². The van der Waals surface area contributed by atoms with Crippen LogP contribution in [0.5, 0.6) is 5.75 Å². The van der Waals surface area contributed by atoms with Gasteiger partial charge in [-0.15, -0.1) is 0 Å². The molecule has 3 heteroatoms. The Hall–Kier alpha value is -1.06. The summed E-state index contributed by atoms with van der Waals surface area (Å²) in [7, 11) is 1.71. The SMILES string of the molecule is COc1ccc(C2(C(CN)C(C)C)COC2)cc1C. The highest BCUT2D eigenvalue weighted by molar-refractivity contribution is 5.41. The van der Waals surface area contributed by atoms with E-state index in [0.717, 1.165) is 19.0 Å². The van der Waals surface area contributed by atoms with Crippen LogP contribution in [0.1, 0.15) is 25.0 Å². The third kappa shape index (κ3) is 2.37. The van der Waals surface area contributed by atoms with E-state index in [1.54, 1.807) is 7.11 Å². The van der Waals surface area contributed by atoms with Crippen LogP contribution in [0.15, 0.2) is 18.2 Å². The number of ether oxygens (including phenoxy) is 2. The van der Waals surface area contributed by atoms with Crippen LogP contribution < -0.4 is 10.5 Å².